The molecule has 0 aliphatic rings. The van der Waals surface area contributed by atoms with Crippen molar-refractivity contribution in [3.05, 3.63) is 93.0 Å². The van der Waals surface area contributed by atoms with Crippen LogP contribution in [0.5, 0.6) is 0 Å². The van der Waals surface area contributed by atoms with E-state index in [9.17, 15) is 20.2 Å². The van der Waals surface area contributed by atoms with Crippen molar-refractivity contribution in [3.8, 4) is 0 Å². The van der Waals surface area contributed by atoms with Crippen LogP contribution in [0.4, 0.5) is 17.1 Å². The molecule has 0 unspecified atom stereocenters. The minimum atomic E-state index is -3.30. The van der Waals surface area contributed by atoms with Gasteiger partial charge in [0.1, 0.15) is 0 Å². The molecule has 0 fully saturated rings. The Balaban J connectivity index is 2.27. The summed E-state index contributed by atoms with van der Waals surface area (Å²) in [7, 11) is 3.86. The topological polar surface area (TPSA) is 89.5 Å². The molecule has 0 spiro atoms. The summed E-state index contributed by atoms with van der Waals surface area (Å²) in [6, 6.07) is 21.0. The standard InChI is InChI=1S/C8H10N.2C6H4NO2.Bi/c1-9(2)8-6-4-3-5-7-8;2*8-7(9)6-4-2-1-3-5-6;/h4-7H,1-2H3;2*1-4H;. The Kier molecular flexibility index (Phi) is 6.00. The fraction of sp³-hybridized carbons (Fsp3) is 0.100. The molecule has 142 valence electrons. The van der Waals surface area contributed by atoms with Gasteiger partial charge in [0, 0.05) is 0 Å². The normalized spacial score (nSPS) is 10.7. The van der Waals surface area contributed by atoms with Crippen molar-refractivity contribution in [1.82, 2.24) is 0 Å². The van der Waals surface area contributed by atoms with E-state index in [0.29, 0.717) is 6.54 Å². The van der Waals surface area contributed by atoms with E-state index in [-0.39, 0.29) is 11.4 Å². The second kappa shape index (κ2) is 8.44. The molecule has 0 aliphatic carbocycles. The zero-order valence-electron chi connectivity index (χ0n) is 15.4. The van der Waals surface area contributed by atoms with Gasteiger partial charge in [-0.3, -0.25) is 0 Å². The van der Waals surface area contributed by atoms with Crippen molar-refractivity contribution < 1.29 is 9.85 Å². The molecule has 0 saturated carbocycles. The van der Waals surface area contributed by atoms with Crippen molar-refractivity contribution in [1.29, 1.82) is 0 Å². The van der Waals surface area contributed by atoms with Crippen molar-refractivity contribution in [2.75, 3.05) is 19.0 Å². The molecule has 7 nitrogen and oxygen atoms in total. The van der Waals surface area contributed by atoms with E-state index >= 15 is 0 Å². The monoisotopic (exact) mass is 573 g/mol. The third-order valence-electron chi connectivity index (χ3n) is 4.26. The van der Waals surface area contributed by atoms with Gasteiger partial charge in [0.15, 0.2) is 0 Å². The fourth-order valence-electron chi connectivity index (χ4n) is 2.92. The van der Waals surface area contributed by atoms with Gasteiger partial charge >= 0.3 is 170 Å². The summed E-state index contributed by atoms with van der Waals surface area (Å²) in [4.78, 5) is 24.5. The SMILES string of the molecule is CN(C)c1cc[c]([Bi]([c]2ccccc2[N+](=O)[O-])[c]2ccccc2[N+](=O)[O-])cc1. The van der Waals surface area contributed by atoms with E-state index in [2.05, 4.69) is 0 Å². The molecule has 0 aromatic heterocycles. The molecule has 8 heteroatoms. The zero-order valence-corrected chi connectivity index (χ0v) is 18.8. The summed E-state index contributed by atoms with van der Waals surface area (Å²) in [5, 5.41) is 23.3. The van der Waals surface area contributed by atoms with Crippen LogP contribution < -0.4 is 14.7 Å². The number of hydrogen-bond acceptors (Lipinski definition) is 5. The summed E-state index contributed by atoms with van der Waals surface area (Å²) in [6.07, 6.45) is 0. The van der Waals surface area contributed by atoms with E-state index in [1.807, 2.05) is 43.3 Å². The molecule has 28 heavy (non-hydrogen) atoms. The Morgan fingerprint density at radius 2 is 1.14 bits per heavy atom. The van der Waals surface area contributed by atoms with Gasteiger partial charge < -0.3 is 0 Å². The number of rotatable bonds is 6. The number of anilines is 1. The molecule has 0 heterocycles. The van der Waals surface area contributed by atoms with Gasteiger partial charge in [0.25, 0.3) is 0 Å². The first kappa shape index (κ1) is 19.9. The van der Waals surface area contributed by atoms with Gasteiger partial charge in [0.2, 0.25) is 0 Å². The number of nitro groups is 2. The molecule has 0 N–H and O–H groups in total. The number of nitrogens with zero attached hydrogens (tertiary/aromatic N) is 3. The second-order valence-electron chi connectivity index (χ2n) is 6.24. The first-order valence-corrected chi connectivity index (χ1v) is 13.7. The first-order chi connectivity index (χ1) is 13.4. The minimum absolute atomic E-state index is 0.0233. The van der Waals surface area contributed by atoms with Gasteiger partial charge in [0.05, 0.1) is 0 Å². The molecule has 0 aliphatic heterocycles. The maximum absolute atomic E-state index is 11.6. The Hall–Kier alpha value is -2.86. The second-order valence-corrected chi connectivity index (χ2v) is 14.6. The van der Waals surface area contributed by atoms with Gasteiger partial charge in [-0.2, -0.15) is 0 Å². The van der Waals surface area contributed by atoms with Gasteiger partial charge in [-0.15, -0.1) is 0 Å². The van der Waals surface area contributed by atoms with E-state index < -0.39 is 31.6 Å². The average Bonchev–Trinajstić information content (AvgIpc) is 2.69. The molecule has 3 aromatic carbocycles. The molecule has 0 bridgehead atoms. The molecule has 3 rings (SSSR count). The molecule has 0 saturated heterocycles. The van der Waals surface area contributed by atoms with Crippen LogP contribution in [0.25, 0.3) is 0 Å². The number of nitro benzene ring substituents is 2. The third-order valence-corrected chi connectivity index (χ3v) is 14.1. The summed E-state index contributed by atoms with van der Waals surface area (Å²) in [6.45, 7) is 0. The Morgan fingerprint density at radius 3 is 1.54 bits per heavy atom. The summed E-state index contributed by atoms with van der Waals surface area (Å²) >= 11 is -3.30. The van der Waals surface area contributed by atoms with Crippen molar-refractivity contribution >= 4 is 48.6 Å². The van der Waals surface area contributed by atoms with E-state index in [1.165, 1.54) is 12.1 Å². The number of hydrogen-bond donors (Lipinski definition) is 0. The molecular weight excluding hydrogens is 555 g/mol. The Morgan fingerprint density at radius 1 is 0.714 bits per heavy atom. The summed E-state index contributed by atoms with van der Waals surface area (Å²) in [5.74, 6) is 0. The fourth-order valence-corrected chi connectivity index (χ4v) is 12.7. The van der Waals surface area contributed by atoms with Crippen molar-refractivity contribution in [2.45, 2.75) is 0 Å². The molecule has 0 amide bonds. The van der Waals surface area contributed by atoms with E-state index in [4.69, 9.17) is 0 Å². The van der Waals surface area contributed by atoms with Gasteiger partial charge in [-0.05, 0) is 0 Å². The van der Waals surface area contributed by atoms with E-state index in [1.54, 1.807) is 36.4 Å². The van der Waals surface area contributed by atoms with Crippen LogP contribution in [0.15, 0.2) is 72.8 Å². The number of benzene rings is 3. The maximum atomic E-state index is 11.6. The van der Waals surface area contributed by atoms with Crippen LogP contribution in [-0.2, 0) is 0 Å². The summed E-state index contributed by atoms with van der Waals surface area (Å²) < 4.78 is 2.19. The Labute approximate surface area is 170 Å². The first-order valence-electron chi connectivity index (χ1n) is 8.44. The quantitative estimate of drug-likeness (QED) is 0.256. The van der Waals surface area contributed by atoms with Gasteiger partial charge in [-0.25, -0.2) is 0 Å². The van der Waals surface area contributed by atoms with Crippen LogP contribution in [0.1, 0.15) is 0 Å². The third kappa shape index (κ3) is 4.02. The van der Waals surface area contributed by atoms with Gasteiger partial charge in [-0.1, -0.05) is 0 Å². The molecule has 0 radical (unpaired) electrons. The molecular formula is C20H18BiN3O4. The predicted octanol–water partition coefficient (Wildman–Crippen LogP) is 2.09. The van der Waals surface area contributed by atoms with Crippen LogP contribution in [-0.4, -0.2) is 45.7 Å². The molecule has 0 atom stereocenters. The zero-order chi connectivity index (χ0) is 20.3. The van der Waals surface area contributed by atoms with Crippen LogP contribution in [0, 0.1) is 20.2 Å². The van der Waals surface area contributed by atoms with Crippen LogP contribution in [0.2, 0.25) is 0 Å². The van der Waals surface area contributed by atoms with Crippen LogP contribution >= 0.6 is 0 Å². The van der Waals surface area contributed by atoms with Crippen molar-refractivity contribution in [2.24, 2.45) is 0 Å². The number of para-hydroxylation sites is 2. The van der Waals surface area contributed by atoms with Crippen LogP contribution in [0.3, 0.4) is 0 Å². The average molecular weight is 573 g/mol. The summed E-state index contributed by atoms with van der Waals surface area (Å²) in [5.41, 5.74) is 1.04. The molecule has 3 aromatic rings. The predicted molar refractivity (Wildman–Crippen MR) is 112 cm³/mol. The van der Waals surface area contributed by atoms with Crippen molar-refractivity contribution in [3.63, 3.8) is 0 Å². The Bertz CT molecular complexity index is 964. The van der Waals surface area contributed by atoms with E-state index in [0.717, 1.165) is 8.96 Å².